The molecule has 1 aliphatic rings. The molecule has 0 spiro atoms. The van der Waals surface area contributed by atoms with Gasteiger partial charge in [-0.25, -0.2) is 0 Å². The minimum absolute atomic E-state index is 0.556. The maximum absolute atomic E-state index is 7.30. The predicted octanol–water partition coefficient (Wildman–Crippen LogP) is 1.50. The Balaban J connectivity index is 2.74. The van der Waals surface area contributed by atoms with Gasteiger partial charge in [-0.3, -0.25) is 0 Å². The molecule has 0 aromatic carbocycles. The van der Waals surface area contributed by atoms with Crippen LogP contribution in [0.3, 0.4) is 0 Å². The summed E-state index contributed by atoms with van der Waals surface area (Å²) in [5.41, 5.74) is 0.556. The van der Waals surface area contributed by atoms with Crippen LogP contribution in [0.4, 0.5) is 0 Å². The maximum atomic E-state index is 7.30. The van der Waals surface area contributed by atoms with Crippen molar-refractivity contribution in [1.29, 1.82) is 5.41 Å². The number of nitrogens with one attached hydrogen (secondary N) is 1. The Kier molecular flexibility index (Phi) is 1.68. The van der Waals surface area contributed by atoms with Crippen molar-refractivity contribution in [3.8, 4) is 0 Å². The van der Waals surface area contributed by atoms with Gasteiger partial charge >= 0.3 is 0 Å². The fourth-order valence-electron chi connectivity index (χ4n) is 0.734. The molecule has 2 heteroatoms. The number of allylic oxidation sites excluding steroid dienone is 4. The Morgan fingerprint density at radius 3 is 2.89 bits per heavy atom. The maximum Gasteiger partial charge on any atom is 0.139 e. The molecule has 0 fully saturated rings. The average Bonchev–Trinajstić information content (AvgIpc) is 1.89. The van der Waals surface area contributed by atoms with E-state index in [0.29, 0.717) is 17.9 Å². The molecule has 0 saturated heterocycles. The van der Waals surface area contributed by atoms with Gasteiger partial charge in [0.2, 0.25) is 0 Å². The fraction of sp³-hybridized carbons (Fsp3) is 0.286. The van der Waals surface area contributed by atoms with E-state index in [1.54, 1.807) is 13.2 Å². The highest BCUT2D eigenvalue weighted by Crippen LogP contribution is 2.07. The first-order valence-electron chi connectivity index (χ1n) is 2.83. The smallest absolute Gasteiger partial charge is 0.139 e. The van der Waals surface area contributed by atoms with Gasteiger partial charge in [0, 0.05) is 6.42 Å². The second-order valence-corrected chi connectivity index (χ2v) is 1.85. The Morgan fingerprint density at radius 2 is 2.44 bits per heavy atom. The zero-order valence-corrected chi connectivity index (χ0v) is 5.35. The van der Waals surface area contributed by atoms with Crippen molar-refractivity contribution in [2.75, 3.05) is 7.11 Å². The Hall–Kier alpha value is -1.05. The monoisotopic (exact) mass is 123 g/mol. The van der Waals surface area contributed by atoms with Crippen molar-refractivity contribution in [2.45, 2.75) is 6.42 Å². The molecule has 48 valence electrons. The molecule has 0 bridgehead atoms. The third-order valence-electron chi connectivity index (χ3n) is 1.22. The second-order valence-electron chi connectivity index (χ2n) is 1.85. The van der Waals surface area contributed by atoms with E-state index < -0.39 is 0 Å². The van der Waals surface area contributed by atoms with Crippen LogP contribution < -0.4 is 0 Å². The molecule has 2 nitrogen and oxygen atoms in total. The van der Waals surface area contributed by atoms with E-state index in [1.165, 1.54) is 0 Å². The van der Waals surface area contributed by atoms with Gasteiger partial charge in [-0.05, 0) is 6.08 Å². The molecule has 0 radical (unpaired) electrons. The highest BCUT2D eigenvalue weighted by atomic mass is 16.5. The summed E-state index contributed by atoms with van der Waals surface area (Å²) in [7, 11) is 1.58. The SMILES string of the molecule is COC1=CC=CCC1=N. The van der Waals surface area contributed by atoms with E-state index in [9.17, 15) is 0 Å². The highest BCUT2D eigenvalue weighted by molar-refractivity contribution is 5.98. The van der Waals surface area contributed by atoms with Crippen LogP contribution in [0.15, 0.2) is 24.0 Å². The van der Waals surface area contributed by atoms with Crippen LogP contribution in [0.1, 0.15) is 6.42 Å². The lowest BCUT2D eigenvalue weighted by Gasteiger charge is -2.07. The van der Waals surface area contributed by atoms with Crippen LogP contribution in [0.5, 0.6) is 0 Å². The molecule has 1 aliphatic carbocycles. The largest absolute Gasteiger partial charge is 0.495 e. The molecule has 9 heavy (non-hydrogen) atoms. The van der Waals surface area contributed by atoms with E-state index >= 15 is 0 Å². The number of hydrogen-bond donors (Lipinski definition) is 1. The van der Waals surface area contributed by atoms with Crippen molar-refractivity contribution < 1.29 is 4.74 Å². The number of rotatable bonds is 1. The number of hydrogen-bond acceptors (Lipinski definition) is 2. The minimum atomic E-state index is 0.556. The molecular weight excluding hydrogens is 114 g/mol. The van der Waals surface area contributed by atoms with Crippen molar-refractivity contribution >= 4 is 5.71 Å². The lowest BCUT2D eigenvalue weighted by molar-refractivity contribution is 0.313. The van der Waals surface area contributed by atoms with Crippen molar-refractivity contribution in [3.63, 3.8) is 0 Å². The molecule has 1 N–H and O–H groups in total. The van der Waals surface area contributed by atoms with Crippen LogP contribution in [0.25, 0.3) is 0 Å². The van der Waals surface area contributed by atoms with Gasteiger partial charge in [0.15, 0.2) is 0 Å². The summed E-state index contributed by atoms with van der Waals surface area (Å²) in [6.07, 6.45) is 6.33. The fourth-order valence-corrected chi connectivity index (χ4v) is 0.734. The van der Waals surface area contributed by atoms with Crippen molar-refractivity contribution in [3.05, 3.63) is 24.0 Å². The third kappa shape index (κ3) is 1.19. The van der Waals surface area contributed by atoms with Crippen LogP contribution in [0.2, 0.25) is 0 Å². The zero-order valence-electron chi connectivity index (χ0n) is 5.35. The second kappa shape index (κ2) is 2.49. The molecule has 0 aromatic heterocycles. The average molecular weight is 123 g/mol. The van der Waals surface area contributed by atoms with Gasteiger partial charge in [-0.15, -0.1) is 0 Å². The van der Waals surface area contributed by atoms with Gasteiger partial charge in [0.05, 0.1) is 12.8 Å². The van der Waals surface area contributed by atoms with Crippen molar-refractivity contribution in [2.24, 2.45) is 0 Å². The summed E-state index contributed by atoms with van der Waals surface area (Å²) in [6.45, 7) is 0. The normalized spacial score (nSPS) is 17.4. The highest BCUT2D eigenvalue weighted by Gasteiger charge is 2.04. The Morgan fingerprint density at radius 1 is 1.67 bits per heavy atom. The topological polar surface area (TPSA) is 33.1 Å². The van der Waals surface area contributed by atoms with E-state index in [4.69, 9.17) is 10.1 Å². The van der Waals surface area contributed by atoms with E-state index in [1.807, 2.05) is 12.2 Å². The van der Waals surface area contributed by atoms with E-state index in [2.05, 4.69) is 0 Å². The summed E-state index contributed by atoms with van der Waals surface area (Å²) in [5, 5.41) is 7.30. The van der Waals surface area contributed by atoms with Gasteiger partial charge in [-0.1, -0.05) is 12.2 Å². The first-order valence-corrected chi connectivity index (χ1v) is 2.83. The number of methoxy groups -OCH3 is 1. The molecule has 0 heterocycles. The number of ether oxygens (including phenoxy) is 1. The summed E-state index contributed by atoms with van der Waals surface area (Å²) < 4.78 is 4.89. The summed E-state index contributed by atoms with van der Waals surface area (Å²) in [6, 6.07) is 0. The lowest BCUT2D eigenvalue weighted by atomic mass is 10.1. The van der Waals surface area contributed by atoms with E-state index in [0.717, 1.165) is 0 Å². The van der Waals surface area contributed by atoms with Gasteiger partial charge in [-0.2, -0.15) is 0 Å². The molecule has 0 aliphatic heterocycles. The van der Waals surface area contributed by atoms with Crippen LogP contribution in [-0.2, 0) is 4.74 Å². The minimum Gasteiger partial charge on any atom is -0.495 e. The van der Waals surface area contributed by atoms with Gasteiger partial charge in [0.1, 0.15) is 5.76 Å². The first-order chi connectivity index (χ1) is 4.34. The summed E-state index contributed by atoms with van der Waals surface area (Å²) in [5.74, 6) is 0.678. The zero-order chi connectivity index (χ0) is 6.69. The molecular formula is C7H9NO. The molecule has 0 saturated carbocycles. The van der Waals surface area contributed by atoms with E-state index in [-0.39, 0.29) is 0 Å². The van der Waals surface area contributed by atoms with Crippen LogP contribution >= 0.6 is 0 Å². The van der Waals surface area contributed by atoms with Crippen molar-refractivity contribution in [1.82, 2.24) is 0 Å². The molecule has 1 rings (SSSR count). The summed E-state index contributed by atoms with van der Waals surface area (Å²) >= 11 is 0. The summed E-state index contributed by atoms with van der Waals surface area (Å²) in [4.78, 5) is 0. The van der Waals surface area contributed by atoms with Gasteiger partial charge in [0.25, 0.3) is 0 Å². The third-order valence-corrected chi connectivity index (χ3v) is 1.22. The Labute approximate surface area is 54.3 Å². The molecule has 0 atom stereocenters. The first kappa shape index (κ1) is 6.08. The van der Waals surface area contributed by atoms with Crippen LogP contribution in [-0.4, -0.2) is 12.8 Å². The van der Waals surface area contributed by atoms with Gasteiger partial charge < -0.3 is 10.1 Å². The Bertz CT molecular complexity index is 179. The lowest BCUT2D eigenvalue weighted by Crippen LogP contribution is -2.03. The molecule has 0 amide bonds. The quantitative estimate of drug-likeness (QED) is 0.563. The standard InChI is InChI=1S/C7H9NO/c1-9-7-5-3-2-4-6(7)8/h2-3,5,8H,4H2,1H3. The predicted molar refractivity (Wildman–Crippen MR) is 36.6 cm³/mol. The molecule has 0 aromatic rings. The van der Waals surface area contributed by atoms with Crippen LogP contribution in [0, 0.1) is 5.41 Å². The molecule has 0 unspecified atom stereocenters.